The highest BCUT2D eigenvalue weighted by Gasteiger charge is 2.70. The van der Waals surface area contributed by atoms with Crippen LogP contribution in [0, 0.1) is 17.8 Å². The number of halogens is 2. The molecule has 3 amide bonds. The lowest BCUT2D eigenvalue weighted by atomic mass is 9.76. The van der Waals surface area contributed by atoms with Crippen molar-refractivity contribution >= 4 is 46.6 Å². The van der Waals surface area contributed by atoms with Gasteiger partial charge >= 0.3 is 0 Å². The summed E-state index contributed by atoms with van der Waals surface area (Å²) in [5, 5.41) is 7.13. The number of carbonyl (C=O) groups excluding carboxylic acids is 3. The monoisotopic (exact) mass is 457 g/mol. The average Bonchev–Trinajstić information content (AvgIpc) is 3.32. The smallest absolute Gasteiger partial charge is 0.250 e. The number of imide groups is 1. The molecule has 6 nitrogen and oxygen atoms in total. The summed E-state index contributed by atoms with van der Waals surface area (Å²) in [6, 6.07) is 12.0. The molecular formula is C23H21Cl2N3O3. The molecule has 2 saturated heterocycles. The summed E-state index contributed by atoms with van der Waals surface area (Å²) in [5.74, 6) is -2.47. The van der Waals surface area contributed by atoms with Gasteiger partial charge in [-0.1, -0.05) is 67.4 Å². The molecule has 0 aromatic heterocycles. The van der Waals surface area contributed by atoms with Crippen LogP contribution in [-0.2, 0) is 26.5 Å². The Morgan fingerprint density at radius 1 is 1.00 bits per heavy atom. The first-order chi connectivity index (χ1) is 14.8. The molecule has 31 heavy (non-hydrogen) atoms. The Morgan fingerprint density at radius 2 is 1.71 bits per heavy atom. The second-order valence-electron chi connectivity index (χ2n) is 8.70. The van der Waals surface area contributed by atoms with Gasteiger partial charge < -0.3 is 5.32 Å². The van der Waals surface area contributed by atoms with Crippen molar-refractivity contribution in [1.82, 2.24) is 10.2 Å². The highest BCUT2D eigenvalue weighted by molar-refractivity contribution is 6.35. The van der Waals surface area contributed by atoms with Crippen molar-refractivity contribution in [1.29, 1.82) is 0 Å². The van der Waals surface area contributed by atoms with E-state index in [9.17, 15) is 14.4 Å². The number of anilines is 1. The zero-order chi connectivity index (χ0) is 22.1. The van der Waals surface area contributed by atoms with Crippen molar-refractivity contribution in [2.75, 3.05) is 5.32 Å². The van der Waals surface area contributed by atoms with E-state index in [1.165, 1.54) is 4.90 Å². The van der Waals surface area contributed by atoms with Crippen molar-refractivity contribution in [3.63, 3.8) is 0 Å². The molecule has 8 heteroatoms. The number of fused-ring (bicyclic) bond motifs is 4. The Hall–Kier alpha value is -2.41. The first kappa shape index (κ1) is 20.5. The van der Waals surface area contributed by atoms with Gasteiger partial charge in [-0.3, -0.25) is 24.6 Å². The van der Waals surface area contributed by atoms with Crippen LogP contribution in [0.2, 0.25) is 10.0 Å². The van der Waals surface area contributed by atoms with Crippen molar-refractivity contribution in [2.24, 2.45) is 17.8 Å². The molecule has 160 valence electrons. The number of carbonyl (C=O) groups is 3. The Balaban J connectivity index is 1.63. The van der Waals surface area contributed by atoms with Crippen LogP contribution >= 0.6 is 23.2 Å². The number of nitrogens with zero attached hydrogens (tertiary/aromatic N) is 1. The second-order valence-corrected chi connectivity index (χ2v) is 9.51. The lowest BCUT2D eigenvalue weighted by Gasteiger charge is -2.30. The molecule has 4 atom stereocenters. The fourth-order valence-corrected chi connectivity index (χ4v) is 5.73. The van der Waals surface area contributed by atoms with Gasteiger partial charge in [-0.15, -0.1) is 0 Å². The van der Waals surface area contributed by atoms with E-state index in [4.69, 9.17) is 23.2 Å². The van der Waals surface area contributed by atoms with Gasteiger partial charge in [0, 0.05) is 16.6 Å². The molecule has 3 aliphatic rings. The first-order valence-corrected chi connectivity index (χ1v) is 11.0. The van der Waals surface area contributed by atoms with Crippen LogP contribution in [-0.4, -0.2) is 28.7 Å². The zero-order valence-corrected chi connectivity index (χ0v) is 18.5. The van der Waals surface area contributed by atoms with Gasteiger partial charge in [-0.05, 0) is 23.6 Å². The zero-order valence-electron chi connectivity index (χ0n) is 17.0. The summed E-state index contributed by atoms with van der Waals surface area (Å²) in [5.41, 5.74) is 0.466. The summed E-state index contributed by atoms with van der Waals surface area (Å²) < 4.78 is 0. The molecule has 1 spiro atoms. The number of rotatable bonds is 3. The predicted octanol–water partition coefficient (Wildman–Crippen LogP) is 3.57. The maximum Gasteiger partial charge on any atom is 0.250 e. The molecule has 3 aliphatic heterocycles. The fourth-order valence-electron chi connectivity index (χ4n) is 5.31. The number of para-hydroxylation sites is 1. The molecular weight excluding hydrogens is 437 g/mol. The quantitative estimate of drug-likeness (QED) is 0.690. The van der Waals surface area contributed by atoms with Crippen molar-refractivity contribution in [3.05, 3.63) is 63.6 Å². The van der Waals surface area contributed by atoms with Crippen LogP contribution in [0.25, 0.3) is 0 Å². The number of hydrogen-bond donors (Lipinski definition) is 2. The van der Waals surface area contributed by atoms with Crippen molar-refractivity contribution < 1.29 is 14.4 Å². The normalized spacial score (nSPS) is 29.1. The standard InChI is InChI=1S/C23H21Cl2N3O3/c1-11(2)18-16-17(21(30)28(20(16)29)10-12-6-3-4-8-14(12)24)23(27-18)13-7-5-9-15(25)19(13)26-22(23)31/h3-9,11,16-18,27H,10H2,1-2H3,(H,26,31)/t16-,17-,18-,23+/m0/s1. The van der Waals surface area contributed by atoms with E-state index in [2.05, 4.69) is 10.6 Å². The molecule has 2 aromatic carbocycles. The van der Waals surface area contributed by atoms with E-state index in [-0.39, 0.29) is 36.2 Å². The summed E-state index contributed by atoms with van der Waals surface area (Å²) in [6.07, 6.45) is 0. The highest BCUT2D eigenvalue weighted by atomic mass is 35.5. The topological polar surface area (TPSA) is 78.5 Å². The van der Waals surface area contributed by atoms with E-state index in [0.29, 0.717) is 26.9 Å². The Morgan fingerprint density at radius 3 is 2.42 bits per heavy atom. The third kappa shape index (κ3) is 2.71. The fraction of sp³-hybridized carbons (Fsp3) is 0.348. The second kappa shape index (κ2) is 7.05. The minimum absolute atomic E-state index is 0.0277. The van der Waals surface area contributed by atoms with Gasteiger partial charge in [0.2, 0.25) is 17.7 Å². The predicted molar refractivity (Wildman–Crippen MR) is 118 cm³/mol. The third-order valence-electron chi connectivity index (χ3n) is 6.73. The van der Waals surface area contributed by atoms with Crippen molar-refractivity contribution in [2.45, 2.75) is 32.0 Å². The van der Waals surface area contributed by atoms with E-state index < -0.39 is 17.4 Å². The summed E-state index contributed by atoms with van der Waals surface area (Å²) in [4.78, 5) is 41.8. The Labute approximate surface area is 189 Å². The van der Waals surface area contributed by atoms with Gasteiger partial charge in [0.25, 0.3) is 0 Å². The summed E-state index contributed by atoms with van der Waals surface area (Å²) in [7, 11) is 0. The van der Waals surface area contributed by atoms with Crippen molar-refractivity contribution in [3.8, 4) is 0 Å². The lowest BCUT2D eigenvalue weighted by Crippen LogP contribution is -2.53. The molecule has 0 unspecified atom stereocenters. The van der Waals surface area contributed by atoms with Gasteiger partial charge in [-0.2, -0.15) is 0 Å². The van der Waals surface area contributed by atoms with Gasteiger partial charge in [-0.25, -0.2) is 0 Å². The summed E-state index contributed by atoms with van der Waals surface area (Å²) in [6.45, 7) is 4.04. The number of amides is 3. The molecule has 0 radical (unpaired) electrons. The van der Waals surface area contributed by atoms with Crippen LogP contribution in [0.3, 0.4) is 0 Å². The molecule has 0 saturated carbocycles. The number of nitrogens with one attached hydrogen (secondary N) is 2. The maximum atomic E-state index is 13.7. The Kier molecular flexibility index (Phi) is 4.66. The van der Waals surface area contributed by atoms with Crippen LogP contribution < -0.4 is 10.6 Å². The third-order valence-corrected chi connectivity index (χ3v) is 7.41. The highest BCUT2D eigenvalue weighted by Crippen LogP contribution is 2.55. The largest absolute Gasteiger partial charge is 0.323 e. The number of benzene rings is 2. The van der Waals surface area contributed by atoms with Gasteiger partial charge in [0.1, 0.15) is 5.54 Å². The minimum Gasteiger partial charge on any atom is -0.323 e. The molecule has 2 fully saturated rings. The molecule has 0 bridgehead atoms. The lowest BCUT2D eigenvalue weighted by molar-refractivity contribution is -0.143. The molecule has 0 aliphatic carbocycles. The van der Waals surface area contributed by atoms with Gasteiger partial charge in [0.15, 0.2) is 0 Å². The number of likely N-dealkylation sites (tertiary alicyclic amines) is 1. The van der Waals surface area contributed by atoms with Crippen LogP contribution in [0.15, 0.2) is 42.5 Å². The molecule has 5 rings (SSSR count). The van der Waals surface area contributed by atoms with Crippen LogP contribution in [0.1, 0.15) is 25.0 Å². The molecule has 3 heterocycles. The van der Waals surface area contributed by atoms with E-state index in [1.54, 1.807) is 36.4 Å². The van der Waals surface area contributed by atoms with E-state index >= 15 is 0 Å². The average molecular weight is 458 g/mol. The summed E-state index contributed by atoms with van der Waals surface area (Å²) >= 11 is 12.6. The molecule has 2 aromatic rings. The van der Waals surface area contributed by atoms with E-state index in [0.717, 1.165) is 0 Å². The first-order valence-electron chi connectivity index (χ1n) is 10.2. The van der Waals surface area contributed by atoms with Gasteiger partial charge in [0.05, 0.1) is 29.1 Å². The molecule has 2 N–H and O–H groups in total. The minimum atomic E-state index is -1.33. The van der Waals surface area contributed by atoms with E-state index in [1.807, 2.05) is 19.9 Å². The Bertz CT molecular complexity index is 1130. The number of hydrogen-bond acceptors (Lipinski definition) is 4. The maximum absolute atomic E-state index is 13.7. The SMILES string of the molecule is CC(C)[C@@H]1N[C@@]2(C(=O)Nc3c(Cl)cccc32)[C@@H]2C(=O)N(Cc3ccccc3Cl)C(=O)[C@@H]21. The van der Waals surface area contributed by atoms with Crippen LogP contribution in [0.4, 0.5) is 5.69 Å². The van der Waals surface area contributed by atoms with Crippen LogP contribution in [0.5, 0.6) is 0 Å².